The molecule has 0 spiro atoms. The molecule has 0 radical (unpaired) electrons. The van der Waals surface area contributed by atoms with E-state index in [4.69, 9.17) is 14.2 Å². The van der Waals surface area contributed by atoms with E-state index in [1.54, 1.807) is 0 Å². The van der Waals surface area contributed by atoms with Crippen LogP contribution in [0.4, 0.5) is 5.69 Å². The zero-order valence-electron chi connectivity index (χ0n) is 13.9. The standard InChI is InChI=1S/C19H25NO3/c1-3-21-13-14-23-19-12-8-6-10-17(19)20-15-16-9-5-7-11-18(16)22-4-2/h5-12,20H,3-4,13-15H2,1-2H3. The summed E-state index contributed by atoms with van der Waals surface area (Å²) in [5, 5.41) is 3.42. The molecule has 0 heterocycles. The van der Waals surface area contributed by atoms with Crippen molar-refractivity contribution in [3.8, 4) is 11.5 Å². The number of hydrogen-bond donors (Lipinski definition) is 1. The molecule has 124 valence electrons. The second kappa shape index (κ2) is 9.74. The quantitative estimate of drug-likeness (QED) is 0.670. The predicted octanol–water partition coefficient (Wildman–Crippen LogP) is 4.11. The van der Waals surface area contributed by atoms with Crippen LogP contribution in [0, 0.1) is 0 Å². The van der Waals surface area contributed by atoms with Crippen molar-refractivity contribution in [3.05, 3.63) is 54.1 Å². The van der Waals surface area contributed by atoms with Gasteiger partial charge in [0.2, 0.25) is 0 Å². The molecule has 0 aliphatic rings. The van der Waals surface area contributed by atoms with Gasteiger partial charge in [-0.25, -0.2) is 0 Å². The van der Waals surface area contributed by atoms with E-state index >= 15 is 0 Å². The Hall–Kier alpha value is -2.20. The van der Waals surface area contributed by atoms with Crippen molar-refractivity contribution in [2.24, 2.45) is 0 Å². The summed E-state index contributed by atoms with van der Waals surface area (Å²) >= 11 is 0. The molecule has 0 atom stereocenters. The van der Waals surface area contributed by atoms with Crippen molar-refractivity contribution >= 4 is 5.69 Å². The van der Waals surface area contributed by atoms with E-state index < -0.39 is 0 Å². The summed E-state index contributed by atoms with van der Waals surface area (Å²) in [5.74, 6) is 1.75. The van der Waals surface area contributed by atoms with Crippen LogP contribution in [0.5, 0.6) is 11.5 Å². The van der Waals surface area contributed by atoms with E-state index in [2.05, 4.69) is 11.4 Å². The average molecular weight is 315 g/mol. The average Bonchev–Trinajstić information content (AvgIpc) is 2.59. The Kier molecular flexibility index (Phi) is 7.27. The van der Waals surface area contributed by atoms with Gasteiger partial charge in [-0.2, -0.15) is 0 Å². The first-order chi connectivity index (χ1) is 11.3. The molecule has 0 saturated carbocycles. The third-order valence-corrected chi connectivity index (χ3v) is 3.32. The van der Waals surface area contributed by atoms with E-state index in [0.717, 1.165) is 22.7 Å². The fourth-order valence-electron chi connectivity index (χ4n) is 2.23. The van der Waals surface area contributed by atoms with Crippen LogP contribution in [0.1, 0.15) is 19.4 Å². The van der Waals surface area contributed by atoms with E-state index in [-0.39, 0.29) is 0 Å². The Bertz CT molecular complexity index is 586. The maximum Gasteiger partial charge on any atom is 0.142 e. The molecule has 0 amide bonds. The minimum absolute atomic E-state index is 0.544. The van der Waals surface area contributed by atoms with Gasteiger partial charge >= 0.3 is 0 Å². The fraction of sp³-hybridized carbons (Fsp3) is 0.368. The van der Waals surface area contributed by atoms with Gasteiger partial charge in [0.05, 0.1) is 18.9 Å². The monoisotopic (exact) mass is 315 g/mol. The summed E-state index contributed by atoms with van der Waals surface area (Å²) in [6, 6.07) is 16.0. The van der Waals surface area contributed by atoms with Gasteiger partial charge in [-0.3, -0.25) is 0 Å². The summed E-state index contributed by atoms with van der Waals surface area (Å²) in [6.07, 6.45) is 0. The predicted molar refractivity (Wildman–Crippen MR) is 93.4 cm³/mol. The molecule has 0 saturated heterocycles. The highest BCUT2D eigenvalue weighted by atomic mass is 16.5. The van der Waals surface area contributed by atoms with Crippen LogP contribution < -0.4 is 14.8 Å². The highest BCUT2D eigenvalue weighted by Gasteiger charge is 2.05. The topological polar surface area (TPSA) is 39.7 Å². The third-order valence-electron chi connectivity index (χ3n) is 3.32. The Labute approximate surface area is 138 Å². The van der Waals surface area contributed by atoms with Gasteiger partial charge in [0.1, 0.15) is 18.1 Å². The largest absolute Gasteiger partial charge is 0.494 e. The van der Waals surface area contributed by atoms with E-state index in [1.807, 2.05) is 56.3 Å². The SMILES string of the molecule is CCOCCOc1ccccc1NCc1ccccc1OCC. The maximum atomic E-state index is 5.79. The third kappa shape index (κ3) is 5.49. The summed E-state index contributed by atoms with van der Waals surface area (Å²) in [5.41, 5.74) is 2.09. The molecule has 23 heavy (non-hydrogen) atoms. The zero-order valence-corrected chi connectivity index (χ0v) is 13.9. The molecule has 4 nitrogen and oxygen atoms in total. The summed E-state index contributed by atoms with van der Waals surface area (Å²) in [4.78, 5) is 0. The molecular weight excluding hydrogens is 290 g/mol. The second-order valence-electron chi connectivity index (χ2n) is 4.94. The van der Waals surface area contributed by atoms with E-state index in [9.17, 15) is 0 Å². The van der Waals surface area contributed by atoms with Gasteiger partial charge in [0.15, 0.2) is 0 Å². The van der Waals surface area contributed by atoms with Crippen molar-refractivity contribution in [3.63, 3.8) is 0 Å². The Morgan fingerprint density at radius 1 is 0.783 bits per heavy atom. The first kappa shape index (κ1) is 17.2. The molecule has 0 fully saturated rings. The lowest BCUT2D eigenvalue weighted by Gasteiger charge is -2.15. The number of ether oxygens (including phenoxy) is 3. The summed E-state index contributed by atoms with van der Waals surface area (Å²) < 4.78 is 16.8. The highest BCUT2D eigenvalue weighted by Crippen LogP contribution is 2.26. The highest BCUT2D eigenvalue weighted by molar-refractivity contribution is 5.56. The van der Waals surface area contributed by atoms with Crippen molar-refractivity contribution in [2.75, 3.05) is 31.7 Å². The van der Waals surface area contributed by atoms with Crippen LogP contribution in [0.2, 0.25) is 0 Å². The smallest absolute Gasteiger partial charge is 0.142 e. The molecule has 0 unspecified atom stereocenters. The number of para-hydroxylation sites is 3. The zero-order chi connectivity index (χ0) is 16.3. The van der Waals surface area contributed by atoms with Gasteiger partial charge in [-0.05, 0) is 32.0 Å². The van der Waals surface area contributed by atoms with Crippen molar-refractivity contribution in [1.29, 1.82) is 0 Å². The number of anilines is 1. The van der Waals surface area contributed by atoms with Crippen LogP contribution in [-0.2, 0) is 11.3 Å². The maximum absolute atomic E-state index is 5.79. The Morgan fingerprint density at radius 2 is 1.52 bits per heavy atom. The molecule has 2 aromatic carbocycles. The number of benzene rings is 2. The van der Waals surface area contributed by atoms with Crippen LogP contribution in [0.25, 0.3) is 0 Å². The minimum Gasteiger partial charge on any atom is -0.494 e. The van der Waals surface area contributed by atoms with Crippen LogP contribution in [-0.4, -0.2) is 26.4 Å². The summed E-state index contributed by atoms with van der Waals surface area (Å²) in [7, 11) is 0. The number of hydrogen-bond acceptors (Lipinski definition) is 4. The molecule has 0 aliphatic heterocycles. The lowest BCUT2D eigenvalue weighted by Crippen LogP contribution is -2.09. The first-order valence-electron chi connectivity index (χ1n) is 8.09. The number of nitrogens with one attached hydrogen (secondary N) is 1. The molecule has 0 bridgehead atoms. The molecule has 0 aromatic heterocycles. The lowest BCUT2D eigenvalue weighted by molar-refractivity contribution is 0.110. The molecule has 2 rings (SSSR count). The van der Waals surface area contributed by atoms with Gasteiger partial charge in [-0.1, -0.05) is 30.3 Å². The Balaban J connectivity index is 1.98. The normalized spacial score (nSPS) is 10.3. The Morgan fingerprint density at radius 3 is 2.30 bits per heavy atom. The summed E-state index contributed by atoms with van der Waals surface area (Å²) in [6.45, 7) is 7.16. The van der Waals surface area contributed by atoms with Crippen molar-refractivity contribution in [2.45, 2.75) is 20.4 Å². The van der Waals surface area contributed by atoms with Crippen LogP contribution in [0.15, 0.2) is 48.5 Å². The number of rotatable bonds is 10. The van der Waals surface area contributed by atoms with Gasteiger partial charge < -0.3 is 19.5 Å². The molecule has 2 aromatic rings. The second-order valence-corrected chi connectivity index (χ2v) is 4.94. The first-order valence-corrected chi connectivity index (χ1v) is 8.09. The fourth-order valence-corrected chi connectivity index (χ4v) is 2.23. The van der Waals surface area contributed by atoms with Crippen molar-refractivity contribution in [1.82, 2.24) is 0 Å². The van der Waals surface area contributed by atoms with E-state index in [1.165, 1.54) is 0 Å². The molecule has 1 N–H and O–H groups in total. The van der Waals surface area contributed by atoms with Crippen molar-refractivity contribution < 1.29 is 14.2 Å². The molecular formula is C19H25NO3. The van der Waals surface area contributed by atoms with Gasteiger partial charge in [0.25, 0.3) is 0 Å². The van der Waals surface area contributed by atoms with Crippen LogP contribution in [0.3, 0.4) is 0 Å². The lowest BCUT2D eigenvalue weighted by atomic mass is 10.2. The van der Waals surface area contributed by atoms with E-state index in [0.29, 0.717) is 33.0 Å². The minimum atomic E-state index is 0.544. The molecule has 0 aliphatic carbocycles. The molecule has 4 heteroatoms. The van der Waals surface area contributed by atoms with Gasteiger partial charge in [-0.15, -0.1) is 0 Å². The van der Waals surface area contributed by atoms with Crippen LogP contribution >= 0.6 is 0 Å². The van der Waals surface area contributed by atoms with Gasteiger partial charge in [0, 0.05) is 18.7 Å².